The summed E-state index contributed by atoms with van der Waals surface area (Å²) >= 11 is 0. The number of carbonyl (C=O) groups is 2. The van der Waals surface area contributed by atoms with E-state index in [2.05, 4.69) is 24.5 Å². The van der Waals surface area contributed by atoms with Crippen LogP contribution in [0.2, 0.25) is 0 Å². The number of nitrogens with one attached hydrogen (secondary N) is 2. The number of amides is 2. The molecule has 2 amide bonds. The minimum absolute atomic E-state index is 0.103. The fourth-order valence-corrected chi connectivity index (χ4v) is 2.70. The molecule has 1 saturated carbocycles. The summed E-state index contributed by atoms with van der Waals surface area (Å²) in [4.78, 5) is 24.2. The summed E-state index contributed by atoms with van der Waals surface area (Å²) in [6.07, 6.45) is 3.16. The molecule has 142 valence electrons. The second-order valence-corrected chi connectivity index (χ2v) is 7.04. The Labute approximate surface area is 160 Å². The number of carbonyl (C=O) groups excluding carboxylic acids is 2. The Bertz CT molecular complexity index is 797. The fraction of sp³-hybridized carbons (Fsp3) is 0.364. The normalized spacial score (nSPS) is 14.3. The molecule has 27 heavy (non-hydrogen) atoms. The van der Waals surface area contributed by atoms with Crippen LogP contribution < -0.4 is 15.4 Å². The predicted molar refractivity (Wildman–Crippen MR) is 106 cm³/mol. The summed E-state index contributed by atoms with van der Waals surface area (Å²) < 4.78 is 5.54. The second-order valence-electron chi connectivity index (χ2n) is 7.04. The number of ether oxygens (including phenoxy) is 1. The molecule has 2 aromatic carbocycles. The molecule has 3 rings (SSSR count). The van der Waals surface area contributed by atoms with Crippen LogP contribution in [0.1, 0.15) is 54.9 Å². The van der Waals surface area contributed by atoms with Crippen LogP contribution in [0.4, 0.5) is 5.69 Å². The van der Waals surface area contributed by atoms with Crippen molar-refractivity contribution in [2.24, 2.45) is 0 Å². The van der Waals surface area contributed by atoms with Gasteiger partial charge in [0.2, 0.25) is 0 Å². The summed E-state index contributed by atoms with van der Waals surface area (Å²) in [5.41, 5.74) is 2.54. The van der Waals surface area contributed by atoms with E-state index in [1.54, 1.807) is 24.3 Å². The average Bonchev–Trinajstić information content (AvgIpc) is 3.50. The maximum absolute atomic E-state index is 12.1. The molecule has 2 aromatic rings. The first kappa shape index (κ1) is 19.0. The maximum Gasteiger partial charge on any atom is 0.262 e. The average molecular weight is 366 g/mol. The van der Waals surface area contributed by atoms with Crippen LogP contribution in [0.5, 0.6) is 5.75 Å². The summed E-state index contributed by atoms with van der Waals surface area (Å²) in [6.45, 7) is 4.23. The fourth-order valence-electron chi connectivity index (χ4n) is 2.70. The van der Waals surface area contributed by atoms with Crippen LogP contribution in [-0.4, -0.2) is 24.5 Å². The Morgan fingerprint density at radius 2 is 1.89 bits per heavy atom. The standard InChI is InChI=1S/C22H26N2O3/c1-3-15(2)16-7-9-18(10-8-16)23-21(25)14-27-20-6-4-5-17(13-20)22(26)24-19-11-12-19/h4-10,13,15,19H,3,11-12,14H2,1-2H3,(H,23,25)(H,24,26). The minimum atomic E-state index is -0.237. The van der Waals surface area contributed by atoms with E-state index in [1.807, 2.05) is 24.3 Å². The number of hydrogen-bond donors (Lipinski definition) is 2. The van der Waals surface area contributed by atoms with Crippen molar-refractivity contribution in [1.82, 2.24) is 5.32 Å². The predicted octanol–water partition coefficient (Wildman–Crippen LogP) is 4.11. The molecule has 0 heterocycles. The third kappa shape index (κ3) is 5.58. The first-order chi connectivity index (χ1) is 13.0. The highest BCUT2D eigenvalue weighted by Gasteiger charge is 2.23. The zero-order valence-corrected chi connectivity index (χ0v) is 15.8. The van der Waals surface area contributed by atoms with Crippen molar-refractivity contribution in [2.75, 3.05) is 11.9 Å². The molecule has 2 N–H and O–H groups in total. The van der Waals surface area contributed by atoms with Crippen molar-refractivity contribution in [3.63, 3.8) is 0 Å². The smallest absolute Gasteiger partial charge is 0.262 e. The van der Waals surface area contributed by atoms with E-state index in [0.29, 0.717) is 23.3 Å². The molecule has 0 radical (unpaired) electrons. The van der Waals surface area contributed by atoms with Gasteiger partial charge < -0.3 is 15.4 Å². The van der Waals surface area contributed by atoms with Crippen LogP contribution in [0.3, 0.4) is 0 Å². The maximum atomic E-state index is 12.1. The highest BCUT2D eigenvalue weighted by atomic mass is 16.5. The van der Waals surface area contributed by atoms with Gasteiger partial charge in [-0.25, -0.2) is 0 Å². The Kier molecular flexibility index (Phi) is 6.12. The Morgan fingerprint density at radius 1 is 1.15 bits per heavy atom. The molecule has 1 unspecified atom stereocenters. The highest BCUT2D eigenvalue weighted by Crippen LogP contribution is 2.21. The molecular weight excluding hydrogens is 340 g/mol. The molecular formula is C22H26N2O3. The molecule has 0 aromatic heterocycles. The molecule has 1 atom stereocenters. The van der Waals surface area contributed by atoms with Crippen molar-refractivity contribution in [3.05, 3.63) is 59.7 Å². The van der Waals surface area contributed by atoms with Gasteiger partial charge in [-0.15, -0.1) is 0 Å². The van der Waals surface area contributed by atoms with Crippen LogP contribution in [0, 0.1) is 0 Å². The van der Waals surface area contributed by atoms with E-state index in [4.69, 9.17) is 4.74 Å². The molecule has 1 aliphatic rings. The Morgan fingerprint density at radius 3 is 2.56 bits per heavy atom. The summed E-state index contributed by atoms with van der Waals surface area (Å²) in [7, 11) is 0. The molecule has 1 aliphatic carbocycles. The van der Waals surface area contributed by atoms with Crippen LogP contribution in [-0.2, 0) is 4.79 Å². The number of anilines is 1. The molecule has 5 nitrogen and oxygen atoms in total. The van der Waals surface area contributed by atoms with Gasteiger partial charge in [-0.1, -0.05) is 32.0 Å². The van der Waals surface area contributed by atoms with Crippen molar-refractivity contribution in [3.8, 4) is 5.75 Å². The van der Waals surface area contributed by atoms with Crippen molar-refractivity contribution in [1.29, 1.82) is 0 Å². The minimum Gasteiger partial charge on any atom is -0.484 e. The lowest BCUT2D eigenvalue weighted by Gasteiger charge is -2.11. The van der Waals surface area contributed by atoms with Crippen LogP contribution >= 0.6 is 0 Å². The zero-order valence-electron chi connectivity index (χ0n) is 15.8. The van der Waals surface area contributed by atoms with Crippen LogP contribution in [0.25, 0.3) is 0 Å². The van der Waals surface area contributed by atoms with Gasteiger partial charge >= 0.3 is 0 Å². The molecule has 0 aliphatic heterocycles. The molecule has 0 spiro atoms. The lowest BCUT2D eigenvalue weighted by molar-refractivity contribution is -0.118. The van der Waals surface area contributed by atoms with Gasteiger partial charge in [0.05, 0.1) is 0 Å². The van der Waals surface area contributed by atoms with Gasteiger partial charge in [0.15, 0.2) is 6.61 Å². The zero-order chi connectivity index (χ0) is 19.2. The van der Waals surface area contributed by atoms with Gasteiger partial charge in [0, 0.05) is 17.3 Å². The highest BCUT2D eigenvalue weighted by molar-refractivity contribution is 5.95. The third-order valence-corrected chi connectivity index (χ3v) is 4.75. The first-order valence-electron chi connectivity index (χ1n) is 9.48. The summed E-state index contributed by atoms with van der Waals surface area (Å²) in [5, 5.41) is 5.76. The van der Waals surface area contributed by atoms with E-state index >= 15 is 0 Å². The van der Waals surface area contributed by atoms with Gasteiger partial charge in [-0.2, -0.15) is 0 Å². The monoisotopic (exact) mass is 366 g/mol. The largest absolute Gasteiger partial charge is 0.484 e. The molecule has 0 saturated heterocycles. The van der Waals surface area contributed by atoms with E-state index in [1.165, 1.54) is 5.56 Å². The number of rotatable bonds is 8. The van der Waals surface area contributed by atoms with Gasteiger partial charge in [-0.3, -0.25) is 9.59 Å². The Balaban J connectivity index is 1.50. The van der Waals surface area contributed by atoms with Crippen LogP contribution in [0.15, 0.2) is 48.5 Å². The van der Waals surface area contributed by atoms with Gasteiger partial charge in [0.25, 0.3) is 11.8 Å². The SMILES string of the molecule is CCC(C)c1ccc(NC(=O)COc2cccc(C(=O)NC3CC3)c2)cc1. The lowest BCUT2D eigenvalue weighted by Crippen LogP contribution is -2.25. The van der Waals surface area contributed by atoms with Crippen molar-refractivity contribution >= 4 is 17.5 Å². The molecule has 1 fully saturated rings. The van der Waals surface area contributed by atoms with E-state index < -0.39 is 0 Å². The van der Waals surface area contributed by atoms with Crippen molar-refractivity contribution in [2.45, 2.75) is 45.1 Å². The Hall–Kier alpha value is -2.82. The quantitative estimate of drug-likeness (QED) is 0.739. The molecule has 0 bridgehead atoms. The van der Waals surface area contributed by atoms with E-state index in [0.717, 1.165) is 24.9 Å². The van der Waals surface area contributed by atoms with E-state index in [9.17, 15) is 9.59 Å². The first-order valence-corrected chi connectivity index (χ1v) is 9.48. The van der Waals surface area contributed by atoms with E-state index in [-0.39, 0.29) is 18.4 Å². The third-order valence-electron chi connectivity index (χ3n) is 4.75. The lowest BCUT2D eigenvalue weighted by atomic mass is 9.99. The number of hydrogen-bond acceptors (Lipinski definition) is 3. The topological polar surface area (TPSA) is 67.4 Å². The van der Waals surface area contributed by atoms with Gasteiger partial charge in [-0.05, 0) is 61.1 Å². The summed E-state index contributed by atoms with van der Waals surface area (Å²) in [6, 6.07) is 15.1. The van der Waals surface area contributed by atoms with Crippen molar-refractivity contribution < 1.29 is 14.3 Å². The molecule has 5 heteroatoms. The summed E-state index contributed by atoms with van der Waals surface area (Å²) in [5.74, 6) is 0.663. The second kappa shape index (κ2) is 8.71. The number of benzene rings is 2. The van der Waals surface area contributed by atoms with Gasteiger partial charge in [0.1, 0.15) is 5.75 Å².